The van der Waals surface area contributed by atoms with Gasteiger partial charge in [-0.05, 0) is 24.1 Å². The second-order valence-electron chi connectivity index (χ2n) is 7.39. The maximum Gasteiger partial charge on any atom is 0.257 e. The molecule has 0 spiro atoms. The van der Waals surface area contributed by atoms with E-state index in [-0.39, 0.29) is 40.4 Å². The van der Waals surface area contributed by atoms with Crippen LogP contribution in [0.25, 0.3) is 22.3 Å². The van der Waals surface area contributed by atoms with Crippen molar-refractivity contribution in [3.05, 3.63) is 88.6 Å². The zero-order chi connectivity index (χ0) is 23.2. The Bertz CT molecular complexity index is 1310. The van der Waals surface area contributed by atoms with Gasteiger partial charge < -0.3 is 24.3 Å². The molecule has 0 unspecified atom stereocenters. The largest absolute Gasteiger partial charge is 0.507 e. The number of nitrogens with one attached hydrogen (secondary N) is 1. The third kappa shape index (κ3) is 5.33. The number of carbonyl (C=O) groups excluding carboxylic acids is 1. The van der Waals surface area contributed by atoms with Crippen LogP contribution in [-0.4, -0.2) is 31.3 Å². The van der Waals surface area contributed by atoms with Crippen molar-refractivity contribution >= 4 is 16.9 Å². The highest BCUT2D eigenvalue weighted by atomic mass is 16.5. The Morgan fingerprint density at radius 2 is 1.76 bits per heavy atom. The Hall–Kier alpha value is -4.26. The van der Waals surface area contributed by atoms with E-state index >= 15 is 0 Å². The first-order chi connectivity index (χ1) is 16.0. The van der Waals surface area contributed by atoms with Crippen LogP contribution >= 0.6 is 0 Å². The number of carbonyl (C=O) groups is 1. The normalized spacial score (nSPS) is 10.7. The minimum atomic E-state index is -0.365. The number of aromatic hydroxyl groups is 1. The molecule has 2 N–H and O–H groups in total. The van der Waals surface area contributed by atoms with Gasteiger partial charge in [-0.1, -0.05) is 42.5 Å². The van der Waals surface area contributed by atoms with Gasteiger partial charge in [0.2, 0.25) is 0 Å². The molecule has 0 saturated heterocycles. The van der Waals surface area contributed by atoms with E-state index < -0.39 is 0 Å². The number of benzene rings is 3. The van der Waals surface area contributed by atoms with Gasteiger partial charge in [0.05, 0.1) is 7.11 Å². The van der Waals surface area contributed by atoms with E-state index in [0.717, 1.165) is 16.9 Å². The summed E-state index contributed by atoms with van der Waals surface area (Å²) in [4.78, 5) is 24.7. The summed E-state index contributed by atoms with van der Waals surface area (Å²) in [6.07, 6.45) is 0.667. The van der Waals surface area contributed by atoms with E-state index in [0.29, 0.717) is 18.7 Å². The van der Waals surface area contributed by atoms with Crippen LogP contribution in [0.1, 0.15) is 5.56 Å². The van der Waals surface area contributed by atoms with Crippen molar-refractivity contribution < 1.29 is 23.8 Å². The number of phenolic OH excluding ortho intramolecular Hbond substituents is 1. The van der Waals surface area contributed by atoms with Crippen LogP contribution in [0.4, 0.5) is 0 Å². The summed E-state index contributed by atoms with van der Waals surface area (Å²) >= 11 is 0. The quantitative estimate of drug-likeness (QED) is 0.427. The molecule has 0 atom stereocenters. The molecular formula is C26H23NO6. The summed E-state index contributed by atoms with van der Waals surface area (Å²) in [5.41, 5.74) is 1.62. The number of fused-ring (bicyclic) bond motifs is 1. The average molecular weight is 445 g/mol. The van der Waals surface area contributed by atoms with Gasteiger partial charge in [-0.25, -0.2) is 0 Å². The standard InChI is InChI=1S/C26H23NO6/c1-31-19-9-7-17(8-10-19)11-12-27-25(30)16-32-20-13-21(28)26-22(29)15-23(33-24(26)14-20)18-5-3-2-4-6-18/h2-10,13-15,28H,11-12,16H2,1H3,(H,27,30). The molecule has 0 aliphatic carbocycles. The van der Waals surface area contributed by atoms with Crippen molar-refractivity contribution in [3.63, 3.8) is 0 Å². The Kier molecular flexibility index (Phi) is 6.59. The van der Waals surface area contributed by atoms with Crippen LogP contribution in [0.15, 0.2) is 82.0 Å². The van der Waals surface area contributed by atoms with Crippen molar-refractivity contribution in [2.45, 2.75) is 6.42 Å². The lowest BCUT2D eigenvalue weighted by molar-refractivity contribution is -0.123. The highest BCUT2D eigenvalue weighted by molar-refractivity contribution is 5.86. The van der Waals surface area contributed by atoms with E-state index in [9.17, 15) is 14.7 Å². The first-order valence-electron chi connectivity index (χ1n) is 10.4. The first-order valence-corrected chi connectivity index (χ1v) is 10.4. The molecule has 1 heterocycles. The number of hydrogen-bond acceptors (Lipinski definition) is 6. The Balaban J connectivity index is 1.40. The second kappa shape index (κ2) is 9.91. The fourth-order valence-electron chi connectivity index (χ4n) is 3.41. The van der Waals surface area contributed by atoms with Crippen LogP contribution in [0.2, 0.25) is 0 Å². The number of rotatable bonds is 8. The first kappa shape index (κ1) is 22.0. The molecule has 4 aromatic rings. The molecule has 1 aromatic heterocycles. The van der Waals surface area contributed by atoms with E-state index in [1.54, 1.807) is 7.11 Å². The number of ether oxygens (including phenoxy) is 2. The molecule has 4 rings (SSSR count). The molecule has 7 heteroatoms. The van der Waals surface area contributed by atoms with E-state index in [4.69, 9.17) is 13.9 Å². The van der Waals surface area contributed by atoms with Crippen molar-refractivity contribution in [3.8, 4) is 28.6 Å². The van der Waals surface area contributed by atoms with E-state index in [1.807, 2.05) is 54.6 Å². The Morgan fingerprint density at radius 3 is 2.48 bits per heavy atom. The van der Waals surface area contributed by atoms with Gasteiger partial charge >= 0.3 is 0 Å². The Labute approximate surface area is 190 Å². The zero-order valence-electron chi connectivity index (χ0n) is 18.0. The molecule has 0 bridgehead atoms. The predicted octanol–water partition coefficient (Wildman–Crippen LogP) is 3.91. The monoisotopic (exact) mass is 445 g/mol. The van der Waals surface area contributed by atoms with Crippen LogP contribution in [0.3, 0.4) is 0 Å². The third-order valence-electron chi connectivity index (χ3n) is 5.11. The summed E-state index contributed by atoms with van der Waals surface area (Å²) in [5, 5.41) is 13.2. The number of phenols is 1. The van der Waals surface area contributed by atoms with Gasteiger partial charge in [-0.15, -0.1) is 0 Å². The van der Waals surface area contributed by atoms with Crippen molar-refractivity contribution in [2.24, 2.45) is 0 Å². The van der Waals surface area contributed by atoms with Gasteiger partial charge in [0.15, 0.2) is 12.0 Å². The molecular weight excluding hydrogens is 422 g/mol. The fraction of sp³-hybridized carbons (Fsp3) is 0.154. The molecule has 1 amide bonds. The van der Waals surface area contributed by atoms with Crippen LogP contribution < -0.4 is 20.2 Å². The summed E-state index contributed by atoms with van der Waals surface area (Å²) in [7, 11) is 1.61. The SMILES string of the molecule is COc1ccc(CCNC(=O)COc2cc(O)c3c(=O)cc(-c4ccccc4)oc3c2)cc1. The van der Waals surface area contributed by atoms with Crippen LogP contribution in [0.5, 0.6) is 17.2 Å². The number of methoxy groups -OCH3 is 1. The molecule has 168 valence electrons. The smallest absolute Gasteiger partial charge is 0.257 e. The molecule has 33 heavy (non-hydrogen) atoms. The maximum absolute atomic E-state index is 12.5. The number of amides is 1. The van der Waals surface area contributed by atoms with E-state index in [2.05, 4.69) is 5.32 Å². The van der Waals surface area contributed by atoms with Gasteiger partial charge in [-0.2, -0.15) is 0 Å². The summed E-state index contributed by atoms with van der Waals surface area (Å²) in [6, 6.07) is 20.9. The average Bonchev–Trinajstić information content (AvgIpc) is 2.83. The van der Waals surface area contributed by atoms with Gasteiger partial charge in [0, 0.05) is 30.3 Å². The minimum absolute atomic E-state index is 0.0611. The zero-order valence-corrected chi connectivity index (χ0v) is 18.0. The molecule has 0 aliphatic rings. The minimum Gasteiger partial charge on any atom is -0.507 e. The fourth-order valence-corrected chi connectivity index (χ4v) is 3.41. The second-order valence-corrected chi connectivity index (χ2v) is 7.39. The molecule has 7 nitrogen and oxygen atoms in total. The molecule has 0 radical (unpaired) electrons. The highest BCUT2D eigenvalue weighted by Gasteiger charge is 2.13. The van der Waals surface area contributed by atoms with Gasteiger partial charge in [0.1, 0.15) is 34.0 Å². The van der Waals surface area contributed by atoms with Crippen molar-refractivity contribution in [2.75, 3.05) is 20.3 Å². The van der Waals surface area contributed by atoms with Gasteiger partial charge in [-0.3, -0.25) is 9.59 Å². The Morgan fingerprint density at radius 1 is 1.00 bits per heavy atom. The molecule has 0 aliphatic heterocycles. The van der Waals surface area contributed by atoms with Crippen molar-refractivity contribution in [1.82, 2.24) is 5.32 Å². The molecule has 3 aromatic carbocycles. The van der Waals surface area contributed by atoms with Crippen LogP contribution in [-0.2, 0) is 11.2 Å². The summed E-state index contributed by atoms with van der Waals surface area (Å²) < 4.78 is 16.5. The predicted molar refractivity (Wildman–Crippen MR) is 125 cm³/mol. The maximum atomic E-state index is 12.5. The van der Waals surface area contributed by atoms with Crippen molar-refractivity contribution in [1.29, 1.82) is 0 Å². The highest BCUT2D eigenvalue weighted by Crippen LogP contribution is 2.31. The van der Waals surface area contributed by atoms with Crippen LogP contribution in [0, 0.1) is 0 Å². The summed E-state index contributed by atoms with van der Waals surface area (Å²) in [5.74, 6) is 0.805. The summed E-state index contributed by atoms with van der Waals surface area (Å²) in [6.45, 7) is 0.211. The number of hydrogen-bond donors (Lipinski definition) is 2. The van der Waals surface area contributed by atoms with Gasteiger partial charge in [0.25, 0.3) is 5.91 Å². The lowest BCUT2D eigenvalue weighted by Crippen LogP contribution is -2.30. The molecule has 0 fully saturated rings. The topological polar surface area (TPSA) is 98.0 Å². The molecule has 0 saturated carbocycles. The lowest BCUT2D eigenvalue weighted by Gasteiger charge is -2.10. The lowest BCUT2D eigenvalue weighted by atomic mass is 10.1. The third-order valence-corrected chi connectivity index (χ3v) is 5.11. The van der Waals surface area contributed by atoms with E-state index in [1.165, 1.54) is 18.2 Å².